The van der Waals surface area contributed by atoms with Crippen LogP contribution in [0.1, 0.15) is 15.2 Å². The molecular formula is C15H11BrN2O2S. The standard InChI is InChI=1S/C15H11BrN2O2S/c1-9-5-6-13(21-9)14-12(15(19)20)8-18(17-14)11-4-2-3-10(16)7-11/h2-8H,1H3,(H,19,20). The summed E-state index contributed by atoms with van der Waals surface area (Å²) in [5.74, 6) is -0.975. The van der Waals surface area contributed by atoms with E-state index in [0.717, 1.165) is 19.9 Å². The minimum Gasteiger partial charge on any atom is -0.478 e. The van der Waals surface area contributed by atoms with Crippen molar-refractivity contribution >= 4 is 33.2 Å². The number of halogens is 1. The van der Waals surface area contributed by atoms with Gasteiger partial charge < -0.3 is 5.11 Å². The molecule has 3 aromatic rings. The molecule has 6 heteroatoms. The van der Waals surface area contributed by atoms with E-state index >= 15 is 0 Å². The van der Waals surface area contributed by atoms with Gasteiger partial charge in [-0.2, -0.15) is 5.10 Å². The summed E-state index contributed by atoms with van der Waals surface area (Å²) in [7, 11) is 0. The predicted octanol–water partition coefficient (Wildman–Crippen LogP) is 4.37. The molecule has 0 radical (unpaired) electrons. The van der Waals surface area contributed by atoms with Gasteiger partial charge in [0.15, 0.2) is 0 Å². The van der Waals surface area contributed by atoms with Crippen molar-refractivity contribution in [3.8, 4) is 16.3 Å². The Morgan fingerprint density at radius 2 is 2.14 bits per heavy atom. The van der Waals surface area contributed by atoms with E-state index in [9.17, 15) is 9.90 Å². The molecule has 4 nitrogen and oxygen atoms in total. The number of nitrogens with zero attached hydrogens (tertiary/aromatic N) is 2. The molecule has 1 N–H and O–H groups in total. The third kappa shape index (κ3) is 2.77. The van der Waals surface area contributed by atoms with Crippen molar-refractivity contribution in [2.45, 2.75) is 6.92 Å². The zero-order valence-electron chi connectivity index (χ0n) is 11.1. The lowest BCUT2D eigenvalue weighted by Gasteiger charge is -2.00. The lowest BCUT2D eigenvalue weighted by atomic mass is 10.2. The maximum Gasteiger partial charge on any atom is 0.339 e. The average molecular weight is 363 g/mol. The number of carboxylic acid groups (broad SMARTS) is 1. The SMILES string of the molecule is Cc1ccc(-c2nn(-c3cccc(Br)c3)cc2C(=O)O)s1. The fourth-order valence-electron chi connectivity index (χ4n) is 2.03. The molecule has 2 heterocycles. The van der Waals surface area contributed by atoms with Crippen molar-refractivity contribution in [2.75, 3.05) is 0 Å². The van der Waals surface area contributed by atoms with Crippen molar-refractivity contribution in [1.29, 1.82) is 0 Å². The van der Waals surface area contributed by atoms with Gasteiger partial charge in [0.25, 0.3) is 0 Å². The topological polar surface area (TPSA) is 55.1 Å². The van der Waals surface area contributed by atoms with Crippen LogP contribution >= 0.6 is 27.3 Å². The molecule has 0 bridgehead atoms. The first kappa shape index (κ1) is 14.0. The highest BCUT2D eigenvalue weighted by Gasteiger charge is 2.19. The fraction of sp³-hybridized carbons (Fsp3) is 0.0667. The number of rotatable bonds is 3. The highest BCUT2D eigenvalue weighted by Crippen LogP contribution is 2.30. The van der Waals surface area contributed by atoms with Crippen molar-refractivity contribution in [3.05, 3.63) is 57.5 Å². The molecule has 21 heavy (non-hydrogen) atoms. The summed E-state index contributed by atoms with van der Waals surface area (Å²) in [6.07, 6.45) is 1.55. The average Bonchev–Trinajstić information content (AvgIpc) is 3.04. The van der Waals surface area contributed by atoms with Crippen LogP contribution in [0.15, 0.2) is 47.1 Å². The van der Waals surface area contributed by atoms with E-state index in [4.69, 9.17) is 0 Å². The van der Waals surface area contributed by atoms with E-state index in [2.05, 4.69) is 21.0 Å². The van der Waals surface area contributed by atoms with E-state index in [0.29, 0.717) is 5.69 Å². The Balaban J connectivity index is 2.15. The van der Waals surface area contributed by atoms with Crippen LogP contribution in [0.25, 0.3) is 16.3 Å². The first-order valence-corrected chi connectivity index (χ1v) is 7.81. The molecule has 0 amide bonds. The van der Waals surface area contributed by atoms with Crippen LogP contribution in [0.2, 0.25) is 0 Å². The first-order valence-electron chi connectivity index (χ1n) is 6.20. The van der Waals surface area contributed by atoms with E-state index < -0.39 is 5.97 Å². The van der Waals surface area contributed by atoms with Crippen LogP contribution in [0.3, 0.4) is 0 Å². The molecule has 106 valence electrons. The number of benzene rings is 1. The van der Waals surface area contributed by atoms with Crippen LogP contribution in [-0.4, -0.2) is 20.9 Å². The third-order valence-electron chi connectivity index (χ3n) is 2.99. The summed E-state index contributed by atoms with van der Waals surface area (Å²) in [6.45, 7) is 1.99. The molecule has 0 saturated carbocycles. The van der Waals surface area contributed by atoms with Gasteiger partial charge in [-0.1, -0.05) is 22.0 Å². The highest BCUT2D eigenvalue weighted by atomic mass is 79.9. The molecule has 0 spiro atoms. The van der Waals surface area contributed by atoms with Crippen LogP contribution in [-0.2, 0) is 0 Å². The second kappa shape index (κ2) is 5.46. The van der Waals surface area contributed by atoms with E-state index in [1.807, 2.05) is 43.3 Å². The van der Waals surface area contributed by atoms with Gasteiger partial charge in [0.2, 0.25) is 0 Å². The van der Waals surface area contributed by atoms with Crippen LogP contribution in [0, 0.1) is 6.92 Å². The van der Waals surface area contributed by atoms with E-state index in [1.54, 1.807) is 10.9 Å². The number of hydrogen-bond acceptors (Lipinski definition) is 3. The number of aromatic carboxylic acids is 1. The molecular weight excluding hydrogens is 352 g/mol. The number of aromatic nitrogens is 2. The molecule has 0 aliphatic rings. The maximum atomic E-state index is 11.5. The molecule has 0 unspecified atom stereocenters. The van der Waals surface area contributed by atoms with Gasteiger partial charge in [-0.15, -0.1) is 11.3 Å². The minimum absolute atomic E-state index is 0.205. The molecule has 2 aromatic heterocycles. The Hall–Kier alpha value is -1.92. The van der Waals surface area contributed by atoms with Gasteiger partial charge in [-0.05, 0) is 37.3 Å². The molecule has 0 aliphatic heterocycles. The number of aryl methyl sites for hydroxylation is 1. The summed E-state index contributed by atoms with van der Waals surface area (Å²) in [4.78, 5) is 13.4. The zero-order chi connectivity index (χ0) is 15.0. The Morgan fingerprint density at radius 1 is 1.33 bits per heavy atom. The lowest BCUT2D eigenvalue weighted by molar-refractivity contribution is 0.0697. The van der Waals surface area contributed by atoms with Crippen molar-refractivity contribution < 1.29 is 9.90 Å². The van der Waals surface area contributed by atoms with Gasteiger partial charge in [0.1, 0.15) is 11.3 Å². The Morgan fingerprint density at radius 3 is 2.76 bits per heavy atom. The molecule has 1 aromatic carbocycles. The number of carbonyl (C=O) groups is 1. The fourth-order valence-corrected chi connectivity index (χ4v) is 3.28. The van der Waals surface area contributed by atoms with Crippen molar-refractivity contribution in [1.82, 2.24) is 9.78 Å². The van der Waals surface area contributed by atoms with Gasteiger partial charge in [0, 0.05) is 15.5 Å². The molecule has 0 saturated heterocycles. The second-order valence-electron chi connectivity index (χ2n) is 4.53. The highest BCUT2D eigenvalue weighted by molar-refractivity contribution is 9.10. The monoisotopic (exact) mass is 362 g/mol. The molecule has 0 fully saturated rings. The van der Waals surface area contributed by atoms with Gasteiger partial charge in [-0.25, -0.2) is 9.48 Å². The zero-order valence-corrected chi connectivity index (χ0v) is 13.5. The van der Waals surface area contributed by atoms with E-state index in [1.165, 1.54) is 11.3 Å². The largest absolute Gasteiger partial charge is 0.478 e. The summed E-state index contributed by atoms with van der Waals surface area (Å²) < 4.78 is 2.51. The Labute approximate surface area is 133 Å². The first-order chi connectivity index (χ1) is 10.0. The Kier molecular flexibility index (Phi) is 3.65. The predicted molar refractivity (Wildman–Crippen MR) is 86.3 cm³/mol. The van der Waals surface area contributed by atoms with Gasteiger partial charge >= 0.3 is 5.97 Å². The quantitative estimate of drug-likeness (QED) is 0.752. The van der Waals surface area contributed by atoms with Gasteiger partial charge in [-0.3, -0.25) is 0 Å². The third-order valence-corrected chi connectivity index (χ3v) is 4.49. The molecule has 0 aliphatic carbocycles. The number of thiophene rings is 1. The van der Waals surface area contributed by atoms with Crippen LogP contribution in [0.4, 0.5) is 0 Å². The van der Waals surface area contributed by atoms with Crippen molar-refractivity contribution in [2.24, 2.45) is 0 Å². The smallest absolute Gasteiger partial charge is 0.339 e. The molecule has 3 rings (SSSR count). The summed E-state index contributed by atoms with van der Waals surface area (Å²) in [5.41, 5.74) is 1.52. The minimum atomic E-state index is -0.975. The number of carboxylic acids is 1. The summed E-state index contributed by atoms with van der Waals surface area (Å²) >= 11 is 4.94. The summed E-state index contributed by atoms with van der Waals surface area (Å²) in [5, 5.41) is 13.8. The van der Waals surface area contributed by atoms with E-state index in [-0.39, 0.29) is 5.56 Å². The van der Waals surface area contributed by atoms with Crippen molar-refractivity contribution in [3.63, 3.8) is 0 Å². The number of hydrogen-bond donors (Lipinski definition) is 1. The van der Waals surface area contributed by atoms with Gasteiger partial charge in [0.05, 0.1) is 10.6 Å². The Bertz CT molecular complexity index is 823. The second-order valence-corrected chi connectivity index (χ2v) is 6.73. The lowest BCUT2D eigenvalue weighted by Crippen LogP contribution is -1.96. The van der Waals surface area contributed by atoms with Crippen LogP contribution < -0.4 is 0 Å². The normalized spacial score (nSPS) is 10.8. The molecule has 0 atom stereocenters. The maximum absolute atomic E-state index is 11.5. The van der Waals surface area contributed by atoms with Crippen LogP contribution in [0.5, 0.6) is 0 Å². The summed E-state index contributed by atoms with van der Waals surface area (Å²) in [6, 6.07) is 11.4.